The normalized spacial score (nSPS) is 13.3. The molecule has 0 fully saturated rings. The van der Waals surface area contributed by atoms with E-state index in [-0.39, 0.29) is 42.1 Å². The molecule has 3 aromatic carbocycles. The molecular formula is C33H33N4NaO4. The summed E-state index contributed by atoms with van der Waals surface area (Å²) in [6, 6.07) is 21.7. The minimum absolute atomic E-state index is 0. The van der Waals surface area contributed by atoms with Crippen molar-refractivity contribution in [1.29, 1.82) is 0 Å². The molecule has 0 aliphatic carbocycles. The average Bonchev–Trinajstić information content (AvgIpc) is 3.52. The summed E-state index contributed by atoms with van der Waals surface area (Å²) >= 11 is 0. The van der Waals surface area contributed by atoms with E-state index in [4.69, 9.17) is 14.2 Å². The number of nitrogens with one attached hydrogen (secondary N) is 1. The summed E-state index contributed by atoms with van der Waals surface area (Å²) in [5.74, 6) is 1.34. The Morgan fingerprint density at radius 2 is 1.76 bits per heavy atom. The fraction of sp³-hybridized carbons (Fsp3) is 0.273. The van der Waals surface area contributed by atoms with Gasteiger partial charge in [0.2, 0.25) is 0 Å². The van der Waals surface area contributed by atoms with Gasteiger partial charge in [-0.2, -0.15) is 0 Å². The molecule has 210 valence electrons. The molecule has 0 amide bonds. The van der Waals surface area contributed by atoms with Crippen LogP contribution in [-0.4, -0.2) is 25.3 Å². The topological polar surface area (TPSA) is 103 Å². The third kappa shape index (κ3) is 5.79. The summed E-state index contributed by atoms with van der Waals surface area (Å²) in [6.07, 6.45) is 2.90. The largest absolute Gasteiger partial charge is 1.00 e. The molecule has 42 heavy (non-hydrogen) atoms. The van der Waals surface area contributed by atoms with Crippen LogP contribution in [0.5, 0.6) is 5.75 Å². The number of fused-ring (bicyclic) bond motifs is 1. The molecule has 8 nitrogen and oxygen atoms in total. The van der Waals surface area contributed by atoms with Crippen LogP contribution in [0.15, 0.2) is 80.8 Å². The van der Waals surface area contributed by atoms with Crippen molar-refractivity contribution in [3.05, 3.63) is 116 Å². The minimum Gasteiger partial charge on any atom is -1.00 e. The fourth-order valence-electron chi connectivity index (χ4n) is 5.67. The number of ether oxygens (including phenoxy) is 1. The number of benzene rings is 3. The van der Waals surface area contributed by atoms with Crippen molar-refractivity contribution in [2.24, 2.45) is 0 Å². The number of rotatable bonds is 7. The minimum atomic E-state index is -0.595. The van der Waals surface area contributed by atoms with Crippen LogP contribution in [0.4, 0.5) is 0 Å². The molecule has 0 spiro atoms. The van der Waals surface area contributed by atoms with Crippen LogP contribution >= 0.6 is 0 Å². The van der Waals surface area contributed by atoms with E-state index in [1.54, 1.807) is 4.57 Å². The molecule has 0 bridgehead atoms. The zero-order valence-electron chi connectivity index (χ0n) is 25.7. The van der Waals surface area contributed by atoms with Crippen molar-refractivity contribution < 1.29 is 40.2 Å². The van der Waals surface area contributed by atoms with E-state index in [0.717, 1.165) is 64.2 Å². The van der Waals surface area contributed by atoms with Gasteiger partial charge in [-0.05, 0) is 62.1 Å². The zero-order valence-corrected chi connectivity index (χ0v) is 26.7. The molecule has 1 aliphatic heterocycles. The number of H-pyrrole nitrogens is 1. The Hall–Kier alpha value is -3.72. The molecule has 6 rings (SSSR count). The predicted molar refractivity (Wildman–Crippen MR) is 159 cm³/mol. The number of aromatic amines is 1. The van der Waals surface area contributed by atoms with Crippen LogP contribution in [0.1, 0.15) is 56.8 Å². The summed E-state index contributed by atoms with van der Waals surface area (Å²) in [4.78, 5) is 33.1. The first-order valence-electron chi connectivity index (χ1n) is 13.9. The molecule has 1 N–H and O–H groups in total. The van der Waals surface area contributed by atoms with Gasteiger partial charge in [-0.25, -0.2) is 9.78 Å². The van der Waals surface area contributed by atoms with Crippen molar-refractivity contribution in [1.82, 2.24) is 19.7 Å². The van der Waals surface area contributed by atoms with Crippen molar-refractivity contribution in [3.8, 4) is 34.0 Å². The molecule has 5 aromatic rings. The molecule has 3 heterocycles. The molecule has 0 atom stereocenters. The molecule has 9 heteroatoms. The molecule has 2 aromatic heterocycles. The van der Waals surface area contributed by atoms with Gasteiger partial charge < -0.3 is 6.16 Å². The second kappa shape index (κ2) is 11.9. The van der Waals surface area contributed by atoms with E-state index < -0.39 is 5.76 Å². The summed E-state index contributed by atoms with van der Waals surface area (Å²) < 4.78 is 12.5. The van der Waals surface area contributed by atoms with Gasteiger partial charge in [0.25, 0.3) is 5.56 Å². The van der Waals surface area contributed by atoms with E-state index in [9.17, 15) is 9.59 Å². The summed E-state index contributed by atoms with van der Waals surface area (Å²) in [5, 5.41) is 3.85. The first-order valence-corrected chi connectivity index (χ1v) is 13.9. The summed E-state index contributed by atoms with van der Waals surface area (Å²) in [6.45, 7) is 8.14. The van der Waals surface area contributed by atoms with Crippen LogP contribution in [0.3, 0.4) is 0 Å². The molecule has 0 saturated carbocycles. The number of aromatic nitrogens is 4. The number of hydrogen-bond acceptors (Lipinski definition) is 6. The van der Waals surface area contributed by atoms with Gasteiger partial charge in [-0.1, -0.05) is 67.0 Å². The van der Waals surface area contributed by atoms with Gasteiger partial charge >= 0.3 is 35.3 Å². The van der Waals surface area contributed by atoms with Crippen LogP contribution < -0.4 is 45.6 Å². The van der Waals surface area contributed by atoms with E-state index in [1.807, 2.05) is 67.6 Å². The average molecular weight is 573 g/mol. The van der Waals surface area contributed by atoms with E-state index in [0.29, 0.717) is 23.6 Å². The Balaban J connectivity index is 0.00000212. The van der Waals surface area contributed by atoms with Crippen LogP contribution in [0.2, 0.25) is 0 Å². The van der Waals surface area contributed by atoms with E-state index in [1.165, 1.54) is 0 Å². The maximum atomic E-state index is 14.1. The standard InChI is InChI=1S/C33H32N4O4.Na.H/c1-5-8-28-27(31(38)37(20(2)34-28)24-15-16-29-23(18-24)19-33(3,4)40-29)17-21-11-13-22(14-12-21)25-9-6-7-10-26(25)30-35-32(39)41-36-30;;/h6-7,9-16,18H,5,8,17,19H2,1-4H3,(H,35,36,39);;/q;+1;-1. The smallest absolute Gasteiger partial charge is 1.00 e. The maximum Gasteiger partial charge on any atom is 1.00 e. The first-order chi connectivity index (χ1) is 19.7. The van der Waals surface area contributed by atoms with Crippen molar-refractivity contribution in [2.75, 3.05) is 0 Å². The number of nitrogens with zero attached hydrogens (tertiary/aromatic N) is 3. The Morgan fingerprint density at radius 1 is 1.02 bits per heavy atom. The monoisotopic (exact) mass is 572 g/mol. The van der Waals surface area contributed by atoms with Gasteiger partial charge in [0, 0.05) is 29.5 Å². The Bertz CT molecular complexity index is 1880. The fourth-order valence-corrected chi connectivity index (χ4v) is 5.67. The van der Waals surface area contributed by atoms with Gasteiger partial charge in [0.1, 0.15) is 17.2 Å². The molecule has 0 unspecified atom stereocenters. The number of hydrogen-bond donors (Lipinski definition) is 1. The van der Waals surface area contributed by atoms with Gasteiger partial charge in [-0.3, -0.25) is 18.9 Å². The van der Waals surface area contributed by atoms with Gasteiger partial charge in [0.15, 0.2) is 5.82 Å². The third-order valence-electron chi connectivity index (χ3n) is 7.49. The van der Waals surface area contributed by atoms with Crippen molar-refractivity contribution in [2.45, 2.75) is 59.0 Å². The quantitative estimate of drug-likeness (QED) is 0.301. The molecule has 1 aliphatic rings. The Morgan fingerprint density at radius 3 is 2.45 bits per heavy atom. The predicted octanol–water partition coefficient (Wildman–Crippen LogP) is 2.92. The van der Waals surface area contributed by atoms with Crippen molar-refractivity contribution >= 4 is 0 Å². The van der Waals surface area contributed by atoms with E-state index >= 15 is 0 Å². The van der Waals surface area contributed by atoms with E-state index in [2.05, 4.69) is 37.0 Å². The van der Waals surface area contributed by atoms with Crippen LogP contribution in [0.25, 0.3) is 28.2 Å². The van der Waals surface area contributed by atoms with Crippen LogP contribution in [-0.2, 0) is 19.3 Å². The maximum absolute atomic E-state index is 14.1. The SMILES string of the molecule is CCCc1nc(C)n(-c2ccc3c(c2)CC(C)(C)O3)c(=O)c1Cc1ccc(-c2ccccc2-c2noc(=O)[nH]2)cc1.[H-].[Na+]. The number of aryl methyl sites for hydroxylation is 2. The summed E-state index contributed by atoms with van der Waals surface area (Å²) in [5.41, 5.74) is 6.83. The third-order valence-corrected chi connectivity index (χ3v) is 7.49. The molecule has 0 saturated heterocycles. The Kier molecular flexibility index (Phi) is 8.42. The Labute approximate surface area is 267 Å². The first kappa shape index (κ1) is 29.8. The second-order valence-electron chi connectivity index (χ2n) is 11.2. The zero-order chi connectivity index (χ0) is 28.7. The van der Waals surface area contributed by atoms with Crippen LogP contribution in [0, 0.1) is 6.92 Å². The van der Waals surface area contributed by atoms with Gasteiger partial charge in [-0.15, -0.1) is 0 Å². The summed E-state index contributed by atoms with van der Waals surface area (Å²) in [7, 11) is 0. The molecule has 0 radical (unpaired) electrons. The van der Waals surface area contributed by atoms with Crippen molar-refractivity contribution in [3.63, 3.8) is 0 Å². The molecular weight excluding hydrogens is 539 g/mol. The van der Waals surface area contributed by atoms with Gasteiger partial charge in [0.05, 0.1) is 11.4 Å². The second-order valence-corrected chi connectivity index (χ2v) is 11.2.